The number of benzene rings is 1. The fourth-order valence-electron chi connectivity index (χ4n) is 1.90. The van der Waals surface area contributed by atoms with Crippen molar-refractivity contribution in [1.82, 2.24) is 0 Å². The predicted molar refractivity (Wildman–Crippen MR) is 65.4 cm³/mol. The van der Waals surface area contributed by atoms with Crippen LogP contribution in [-0.4, -0.2) is 18.9 Å². The largest absolute Gasteiger partial charge is 0.295 e. The third kappa shape index (κ3) is 2.05. The highest BCUT2D eigenvalue weighted by atomic mass is 32.2. The molecule has 1 aromatic rings. The lowest BCUT2D eigenvalue weighted by Crippen LogP contribution is -2.36. The number of hydrogen-bond acceptors (Lipinski definition) is 3. The maximum absolute atomic E-state index is 12.5. The van der Waals surface area contributed by atoms with Crippen LogP contribution in [-0.2, 0) is 14.6 Å². The van der Waals surface area contributed by atoms with Crippen LogP contribution in [0.3, 0.4) is 0 Å². The number of sulfone groups is 1. The number of rotatable bonds is 2. The van der Waals surface area contributed by atoms with Gasteiger partial charge in [0.25, 0.3) is 0 Å². The van der Waals surface area contributed by atoms with E-state index in [1.165, 1.54) is 12.2 Å². The summed E-state index contributed by atoms with van der Waals surface area (Å²) in [5.74, 6) is -0.00858. The van der Waals surface area contributed by atoms with Crippen LogP contribution < -0.4 is 0 Å². The van der Waals surface area contributed by atoms with Crippen LogP contribution in [0.1, 0.15) is 19.8 Å². The van der Waals surface area contributed by atoms with Gasteiger partial charge in [0, 0.05) is 6.42 Å². The van der Waals surface area contributed by atoms with E-state index in [0.29, 0.717) is 17.7 Å². The van der Waals surface area contributed by atoms with Gasteiger partial charge in [0.1, 0.15) is 0 Å². The first-order valence-corrected chi connectivity index (χ1v) is 6.96. The van der Waals surface area contributed by atoms with Gasteiger partial charge in [-0.05, 0) is 31.6 Å². The highest BCUT2D eigenvalue weighted by Crippen LogP contribution is 2.33. The molecule has 0 spiro atoms. The van der Waals surface area contributed by atoms with Gasteiger partial charge in [0.05, 0.1) is 9.64 Å². The molecule has 0 heterocycles. The lowest BCUT2D eigenvalue weighted by atomic mass is 9.96. The Morgan fingerprint density at radius 2 is 1.82 bits per heavy atom. The Hall–Kier alpha value is -1.42. The van der Waals surface area contributed by atoms with Crippen molar-refractivity contribution in [2.45, 2.75) is 29.4 Å². The molecule has 2 rings (SSSR count). The average molecular weight is 250 g/mol. The third-order valence-corrected chi connectivity index (χ3v) is 5.62. The molecule has 1 unspecified atom stereocenters. The van der Waals surface area contributed by atoms with Crippen molar-refractivity contribution in [2.24, 2.45) is 0 Å². The van der Waals surface area contributed by atoms with E-state index in [2.05, 4.69) is 0 Å². The minimum absolute atomic E-state index is 0.00858. The molecular weight excluding hydrogens is 236 g/mol. The first kappa shape index (κ1) is 12.0. The summed E-state index contributed by atoms with van der Waals surface area (Å²) < 4.78 is 23.9. The predicted octanol–water partition coefficient (Wildman–Crippen LogP) is 2.14. The molecule has 0 aliphatic heterocycles. The molecule has 17 heavy (non-hydrogen) atoms. The molecule has 1 aromatic carbocycles. The standard InChI is InChI=1S/C13H14O3S/c1-13(9-7-11(14)8-10-13)17(15,16)12-5-3-2-4-6-12/h2-7,9H,8,10H2,1H3. The van der Waals surface area contributed by atoms with Crippen LogP contribution in [0.15, 0.2) is 47.4 Å². The van der Waals surface area contributed by atoms with E-state index < -0.39 is 14.6 Å². The van der Waals surface area contributed by atoms with E-state index in [1.54, 1.807) is 37.3 Å². The molecule has 0 saturated carbocycles. The molecule has 0 saturated heterocycles. The van der Waals surface area contributed by atoms with Gasteiger partial charge in [-0.25, -0.2) is 8.42 Å². The number of carbonyl (C=O) groups excluding carboxylic acids is 1. The summed E-state index contributed by atoms with van der Waals surface area (Å²) in [6, 6.07) is 8.36. The number of hydrogen-bond donors (Lipinski definition) is 0. The highest BCUT2D eigenvalue weighted by molar-refractivity contribution is 7.93. The topological polar surface area (TPSA) is 51.2 Å². The maximum Gasteiger partial charge on any atom is 0.187 e. The Morgan fingerprint density at radius 3 is 2.35 bits per heavy atom. The molecule has 0 fully saturated rings. The summed E-state index contributed by atoms with van der Waals surface area (Å²) in [5, 5.41) is 0. The molecule has 1 aliphatic rings. The minimum Gasteiger partial charge on any atom is -0.295 e. The Bertz CT molecular complexity index is 558. The van der Waals surface area contributed by atoms with Crippen molar-refractivity contribution in [3.05, 3.63) is 42.5 Å². The molecule has 1 atom stereocenters. The van der Waals surface area contributed by atoms with Gasteiger partial charge < -0.3 is 0 Å². The fourth-order valence-corrected chi connectivity index (χ4v) is 3.57. The van der Waals surface area contributed by atoms with Crippen LogP contribution in [0.25, 0.3) is 0 Å². The molecule has 0 radical (unpaired) electrons. The van der Waals surface area contributed by atoms with E-state index in [0.717, 1.165) is 0 Å². The van der Waals surface area contributed by atoms with Crippen molar-refractivity contribution in [3.8, 4) is 0 Å². The summed E-state index contributed by atoms with van der Waals surface area (Å²) in [6.07, 6.45) is 3.53. The molecule has 3 nitrogen and oxygen atoms in total. The Labute approximate surface area is 101 Å². The Kier molecular flexibility index (Phi) is 2.91. The van der Waals surface area contributed by atoms with Crippen LogP contribution in [0, 0.1) is 0 Å². The smallest absolute Gasteiger partial charge is 0.187 e. The molecule has 0 bridgehead atoms. The van der Waals surface area contributed by atoms with Crippen LogP contribution in [0.5, 0.6) is 0 Å². The highest BCUT2D eigenvalue weighted by Gasteiger charge is 2.39. The third-order valence-electron chi connectivity index (χ3n) is 3.16. The molecule has 0 amide bonds. The summed E-state index contributed by atoms with van der Waals surface area (Å²) in [7, 11) is -3.42. The normalized spacial score (nSPS) is 24.9. The Balaban J connectivity index is 2.47. The zero-order chi connectivity index (χ0) is 12.5. The van der Waals surface area contributed by atoms with Crippen LogP contribution in [0.2, 0.25) is 0 Å². The fraction of sp³-hybridized carbons (Fsp3) is 0.308. The molecule has 0 aromatic heterocycles. The second-order valence-electron chi connectivity index (χ2n) is 4.43. The van der Waals surface area contributed by atoms with Crippen molar-refractivity contribution >= 4 is 15.6 Å². The summed E-state index contributed by atoms with van der Waals surface area (Å²) in [5.41, 5.74) is 0. The first-order valence-electron chi connectivity index (χ1n) is 5.47. The van der Waals surface area contributed by atoms with Crippen molar-refractivity contribution in [1.29, 1.82) is 0 Å². The van der Waals surface area contributed by atoms with Crippen LogP contribution >= 0.6 is 0 Å². The van der Waals surface area contributed by atoms with Crippen LogP contribution in [0.4, 0.5) is 0 Å². The number of carbonyl (C=O) groups is 1. The van der Waals surface area contributed by atoms with E-state index in [-0.39, 0.29) is 5.78 Å². The van der Waals surface area contributed by atoms with Gasteiger partial charge in [0.15, 0.2) is 15.6 Å². The van der Waals surface area contributed by atoms with Gasteiger partial charge >= 0.3 is 0 Å². The molecule has 90 valence electrons. The zero-order valence-corrected chi connectivity index (χ0v) is 10.4. The quantitative estimate of drug-likeness (QED) is 0.808. The molecule has 0 N–H and O–H groups in total. The first-order chi connectivity index (χ1) is 7.96. The van der Waals surface area contributed by atoms with E-state index in [9.17, 15) is 13.2 Å². The second kappa shape index (κ2) is 4.11. The summed E-state index contributed by atoms with van der Waals surface area (Å²) >= 11 is 0. The van der Waals surface area contributed by atoms with Gasteiger partial charge in [-0.3, -0.25) is 4.79 Å². The van der Waals surface area contributed by atoms with Crippen molar-refractivity contribution in [3.63, 3.8) is 0 Å². The molecule has 1 aliphatic carbocycles. The van der Waals surface area contributed by atoms with Crippen molar-refractivity contribution in [2.75, 3.05) is 0 Å². The Morgan fingerprint density at radius 1 is 1.18 bits per heavy atom. The number of allylic oxidation sites excluding steroid dienone is 1. The second-order valence-corrected chi connectivity index (χ2v) is 6.84. The van der Waals surface area contributed by atoms with E-state index in [4.69, 9.17) is 0 Å². The van der Waals surface area contributed by atoms with Gasteiger partial charge in [-0.15, -0.1) is 0 Å². The lowest BCUT2D eigenvalue weighted by molar-refractivity contribution is -0.115. The van der Waals surface area contributed by atoms with E-state index >= 15 is 0 Å². The monoisotopic (exact) mass is 250 g/mol. The van der Waals surface area contributed by atoms with E-state index in [1.807, 2.05) is 0 Å². The van der Waals surface area contributed by atoms with Gasteiger partial charge in [0.2, 0.25) is 0 Å². The molecular formula is C13H14O3S. The lowest BCUT2D eigenvalue weighted by Gasteiger charge is -2.28. The maximum atomic E-state index is 12.5. The van der Waals surface area contributed by atoms with Gasteiger partial charge in [-0.1, -0.05) is 24.3 Å². The summed E-state index contributed by atoms with van der Waals surface area (Å²) in [6.45, 7) is 1.66. The van der Waals surface area contributed by atoms with Crippen molar-refractivity contribution < 1.29 is 13.2 Å². The SMILES string of the molecule is CC1(S(=O)(=O)c2ccccc2)C=CC(=O)CC1. The molecule has 4 heteroatoms. The van der Waals surface area contributed by atoms with Gasteiger partial charge in [-0.2, -0.15) is 0 Å². The zero-order valence-electron chi connectivity index (χ0n) is 9.59. The number of ketones is 1. The summed E-state index contributed by atoms with van der Waals surface area (Å²) in [4.78, 5) is 11.4. The minimum atomic E-state index is -3.42. The average Bonchev–Trinajstić information content (AvgIpc) is 2.34.